The van der Waals surface area contributed by atoms with Crippen LogP contribution in [0.3, 0.4) is 0 Å². The van der Waals surface area contributed by atoms with Crippen LogP contribution in [-0.2, 0) is 10.8 Å². The Morgan fingerprint density at radius 1 is 1.00 bits per heavy atom. The molecule has 1 N–H and O–H groups in total. The molecule has 100 valence electrons. The van der Waals surface area contributed by atoms with Gasteiger partial charge < -0.3 is 5.11 Å². The zero-order valence-electron chi connectivity index (χ0n) is 11.1. The van der Waals surface area contributed by atoms with Crippen molar-refractivity contribution < 1.29 is 9.32 Å². The van der Waals surface area contributed by atoms with E-state index in [1.807, 2.05) is 68.4 Å². The monoisotopic (exact) mass is 274 g/mol. The lowest BCUT2D eigenvalue weighted by Gasteiger charge is -2.18. The van der Waals surface area contributed by atoms with Crippen LogP contribution in [0.1, 0.15) is 24.2 Å². The summed E-state index contributed by atoms with van der Waals surface area (Å²) in [5.74, 6) is 0. The van der Waals surface area contributed by atoms with E-state index in [0.717, 1.165) is 16.0 Å². The first kappa shape index (κ1) is 14.0. The average Bonchev–Trinajstić information content (AvgIpc) is 2.46. The minimum Gasteiger partial charge on any atom is -0.387 e. The van der Waals surface area contributed by atoms with Gasteiger partial charge in [0.05, 0.1) is 22.2 Å². The molecule has 0 radical (unpaired) electrons. The van der Waals surface area contributed by atoms with E-state index in [2.05, 4.69) is 0 Å². The Bertz CT molecular complexity index is 549. The summed E-state index contributed by atoms with van der Waals surface area (Å²) in [6.45, 7) is 3.81. The SMILES string of the molecule is Cc1ccc(S(=O)[C@H](C)[C@H](O)c2ccccc2)cc1. The van der Waals surface area contributed by atoms with Gasteiger partial charge in [-0.15, -0.1) is 0 Å². The lowest BCUT2D eigenvalue weighted by atomic mass is 10.1. The molecule has 3 atom stereocenters. The second kappa shape index (κ2) is 6.13. The predicted molar refractivity (Wildman–Crippen MR) is 78.5 cm³/mol. The predicted octanol–water partition coefficient (Wildman–Crippen LogP) is 3.22. The van der Waals surface area contributed by atoms with E-state index in [0.29, 0.717) is 0 Å². The Kier molecular flexibility index (Phi) is 4.51. The summed E-state index contributed by atoms with van der Waals surface area (Å²) in [6.07, 6.45) is -0.719. The van der Waals surface area contributed by atoms with Crippen LogP contribution in [0.15, 0.2) is 59.5 Å². The van der Waals surface area contributed by atoms with E-state index in [-0.39, 0.29) is 5.25 Å². The molecular weight excluding hydrogens is 256 g/mol. The second-order valence-corrected chi connectivity index (χ2v) is 6.48. The number of hydrogen-bond acceptors (Lipinski definition) is 2. The molecule has 0 amide bonds. The molecule has 0 fully saturated rings. The van der Waals surface area contributed by atoms with E-state index in [1.54, 1.807) is 0 Å². The van der Waals surface area contributed by atoms with E-state index < -0.39 is 16.9 Å². The topological polar surface area (TPSA) is 37.3 Å². The molecule has 3 heteroatoms. The highest BCUT2D eigenvalue weighted by Crippen LogP contribution is 2.24. The lowest BCUT2D eigenvalue weighted by Crippen LogP contribution is -2.20. The fraction of sp³-hybridized carbons (Fsp3) is 0.250. The van der Waals surface area contributed by atoms with Gasteiger partial charge in [-0.1, -0.05) is 48.0 Å². The summed E-state index contributed by atoms with van der Waals surface area (Å²) < 4.78 is 12.4. The molecule has 1 unspecified atom stereocenters. The molecule has 0 aliphatic heterocycles. The molecule has 19 heavy (non-hydrogen) atoms. The molecule has 2 aromatic carbocycles. The van der Waals surface area contributed by atoms with Crippen molar-refractivity contribution in [3.63, 3.8) is 0 Å². The molecule has 2 nitrogen and oxygen atoms in total. The van der Waals surface area contributed by atoms with Crippen molar-refractivity contribution in [1.29, 1.82) is 0 Å². The van der Waals surface area contributed by atoms with Gasteiger partial charge in [-0.25, -0.2) is 0 Å². The largest absolute Gasteiger partial charge is 0.387 e. The first-order valence-electron chi connectivity index (χ1n) is 6.30. The molecule has 0 bridgehead atoms. The van der Waals surface area contributed by atoms with Crippen LogP contribution in [0.2, 0.25) is 0 Å². The Morgan fingerprint density at radius 2 is 1.58 bits per heavy atom. The van der Waals surface area contributed by atoms with Crippen molar-refractivity contribution in [2.45, 2.75) is 30.1 Å². The molecule has 0 saturated heterocycles. The summed E-state index contributed by atoms with van der Waals surface area (Å²) >= 11 is 0. The highest BCUT2D eigenvalue weighted by Gasteiger charge is 2.23. The van der Waals surface area contributed by atoms with Crippen LogP contribution in [0.25, 0.3) is 0 Å². The van der Waals surface area contributed by atoms with Gasteiger partial charge in [0.15, 0.2) is 0 Å². The Labute approximate surface area is 116 Å². The summed E-state index contributed by atoms with van der Waals surface area (Å²) in [4.78, 5) is 0.757. The number of aliphatic hydroxyl groups excluding tert-OH is 1. The van der Waals surface area contributed by atoms with E-state index >= 15 is 0 Å². The Morgan fingerprint density at radius 3 is 2.16 bits per heavy atom. The molecule has 0 aliphatic rings. The third-order valence-electron chi connectivity index (χ3n) is 3.18. The van der Waals surface area contributed by atoms with Crippen molar-refractivity contribution in [2.75, 3.05) is 0 Å². The van der Waals surface area contributed by atoms with Gasteiger partial charge in [0.25, 0.3) is 0 Å². The molecule has 0 aliphatic carbocycles. The number of aliphatic hydroxyl groups is 1. The maximum absolute atomic E-state index is 12.4. The molecule has 0 heterocycles. The van der Waals surface area contributed by atoms with Crippen molar-refractivity contribution in [3.05, 3.63) is 65.7 Å². The van der Waals surface area contributed by atoms with Crippen LogP contribution >= 0.6 is 0 Å². The lowest BCUT2D eigenvalue weighted by molar-refractivity contribution is 0.178. The van der Waals surface area contributed by atoms with Gasteiger partial charge in [-0.2, -0.15) is 0 Å². The maximum atomic E-state index is 12.4. The quantitative estimate of drug-likeness (QED) is 0.929. The standard InChI is InChI=1S/C16H18O2S/c1-12-8-10-15(11-9-12)19(18)13(2)16(17)14-6-4-3-5-7-14/h3-11,13,16-17H,1-2H3/t13-,16+,19?/m1/s1. The second-order valence-electron chi connectivity index (χ2n) is 4.67. The van der Waals surface area contributed by atoms with Crippen molar-refractivity contribution in [1.82, 2.24) is 0 Å². The van der Waals surface area contributed by atoms with Gasteiger partial charge in [-0.05, 0) is 31.5 Å². The zero-order valence-corrected chi connectivity index (χ0v) is 11.9. The van der Waals surface area contributed by atoms with Gasteiger partial charge in [0, 0.05) is 4.90 Å². The number of benzene rings is 2. The fourth-order valence-electron chi connectivity index (χ4n) is 1.93. The first-order chi connectivity index (χ1) is 9.09. The summed E-state index contributed by atoms with van der Waals surface area (Å²) in [7, 11) is -1.22. The smallest absolute Gasteiger partial charge is 0.0934 e. The van der Waals surface area contributed by atoms with Gasteiger partial charge in [0.2, 0.25) is 0 Å². The van der Waals surface area contributed by atoms with E-state index in [1.165, 1.54) is 0 Å². The van der Waals surface area contributed by atoms with Crippen LogP contribution in [0.4, 0.5) is 0 Å². The minimum absolute atomic E-state index is 0.342. The third kappa shape index (κ3) is 3.31. The minimum atomic E-state index is -1.22. The van der Waals surface area contributed by atoms with Crippen LogP contribution in [0, 0.1) is 6.92 Å². The van der Waals surface area contributed by atoms with Crippen LogP contribution in [-0.4, -0.2) is 14.6 Å². The zero-order chi connectivity index (χ0) is 13.8. The maximum Gasteiger partial charge on any atom is 0.0934 e. The summed E-state index contributed by atoms with van der Waals surface area (Å²) in [6, 6.07) is 17.0. The highest BCUT2D eigenvalue weighted by atomic mass is 32.2. The Balaban J connectivity index is 2.17. The molecule has 0 spiro atoms. The molecule has 0 saturated carbocycles. The van der Waals surface area contributed by atoms with Crippen molar-refractivity contribution >= 4 is 10.8 Å². The van der Waals surface area contributed by atoms with Crippen molar-refractivity contribution in [2.24, 2.45) is 0 Å². The van der Waals surface area contributed by atoms with Gasteiger partial charge in [-0.3, -0.25) is 4.21 Å². The van der Waals surface area contributed by atoms with E-state index in [9.17, 15) is 9.32 Å². The average molecular weight is 274 g/mol. The highest BCUT2D eigenvalue weighted by molar-refractivity contribution is 7.85. The van der Waals surface area contributed by atoms with E-state index in [4.69, 9.17) is 0 Å². The van der Waals surface area contributed by atoms with Crippen molar-refractivity contribution in [3.8, 4) is 0 Å². The molecule has 0 aromatic heterocycles. The number of rotatable bonds is 4. The number of aryl methyl sites for hydroxylation is 1. The van der Waals surface area contributed by atoms with Gasteiger partial charge >= 0.3 is 0 Å². The fourth-order valence-corrected chi connectivity index (χ4v) is 3.15. The molecular formula is C16H18O2S. The summed E-state index contributed by atoms with van der Waals surface area (Å²) in [5, 5.41) is 9.94. The third-order valence-corrected chi connectivity index (χ3v) is 4.85. The van der Waals surface area contributed by atoms with Crippen LogP contribution in [0.5, 0.6) is 0 Å². The Hall–Kier alpha value is -1.45. The molecule has 2 rings (SSSR count). The first-order valence-corrected chi connectivity index (χ1v) is 7.51. The normalized spacial score (nSPS) is 15.7. The van der Waals surface area contributed by atoms with Crippen LogP contribution < -0.4 is 0 Å². The number of hydrogen-bond donors (Lipinski definition) is 1. The molecule has 2 aromatic rings. The summed E-state index contributed by atoms with van der Waals surface area (Å²) in [5.41, 5.74) is 1.94. The van der Waals surface area contributed by atoms with Gasteiger partial charge in [0.1, 0.15) is 0 Å².